The van der Waals surface area contributed by atoms with Crippen LogP contribution < -0.4 is 5.73 Å². The first-order chi connectivity index (χ1) is 10.9. The van der Waals surface area contributed by atoms with E-state index in [0.717, 1.165) is 38.8 Å². The molecule has 2 aromatic heterocycles. The van der Waals surface area contributed by atoms with Crippen molar-refractivity contribution in [1.29, 1.82) is 0 Å². The third-order valence-electron chi connectivity index (χ3n) is 4.69. The van der Waals surface area contributed by atoms with Crippen molar-refractivity contribution in [2.75, 3.05) is 6.54 Å². The van der Waals surface area contributed by atoms with E-state index in [1.807, 2.05) is 18.5 Å². The lowest BCUT2D eigenvalue weighted by Gasteiger charge is -2.10. The Morgan fingerprint density at radius 2 is 2.09 bits per heavy atom. The Kier molecular flexibility index (Phi) is 3.43. The molecule has 0 radical (unpaired) electrons. The van der Waals surface area contributed by atoms with E-state index in [-0.39, 0.29) is 0 Å². The molecule has 22 heavy (non-hydrogen) atoms. The molecule has 0 saturated carbocycles. The van der Waals surface area contributed by atoms with E-state index in [1.54, 1.807) is 0 Å². The van der Waals surface area contributed by atoms with Crippen molar-refractivity contribution in [1.82, 2.24) is 9.55 Å². The average Bonchev–Trinajstić information content (AvgIpc) is 3.12. The van der Waals surface area contributed by atoms with Crippen LogP contribution in [0.15, 0.2) is 42.7 Å². The maximum atomic E-state index is 5.68. The van der Waals surface area contributed by atoms with Gasteiger partial charge in [0.1, 0.15) is 0 Å². The monoisotopic (exact) mass is 291 g/mol. The van der Waals surface area contributed by atoms with Gasteiger partial charge in [-0.05, 0) is 55.5 Å². The van der Waals surface area contributed by atoms with Crippen LogP contribution in [-0.4, -0.2) is 16.1 Å². The molecule has 3 heterocycles. The molecule has 0 aliphatic carbocycles. The molecule has 0 bridgehead atoms. The number of hydrogen-bond acceptors (Lipinski definition) is 2. The first kappa shape index (κ1) is 13.5. The molecule has 1 aliphatic rings. The number of nitrogens with two attached hydrogens (primary N) is 1. The second kappa shape index (κ2) is 5.58. The first-order valence-electron chi connectivity index (χ1n) is 8.13. The molecular weight excluding hydrogens is 270 g/mol. The Morgan fingerprint density at radius 1 is 1.14 bits per heavy atom. The van der Waals surface area contributed by atoms with Gasteiger partial charge in [0.25, 0.3) is 0 Å². The fourth-order valence-corrected chi connectivity index (χ4v) is 3.75. The Labute approximate surface area is 130 Å². The first-order valence-corrected chi connectivity index (χ1v) is 8.13. The summed E-state index contributed by atoms with van der Waals surface area (Å²) in [5.74, 6) is 0. The molecule has 0 fully saturated rings. The second-order valence-corrected chi connectivity index (χ2v) is 6.03. The summed E-state index contributed by atoms with van der Waals surface area (Å²) in [6.07, 6.45) is 8.29. The third kappa shape index (κ3) is 2.04. The summed E-state index contributed by atoms with van der Waals surface area (Å²) < 4.78 is 2.50. The molecule has 3 aromatic rings. The summed E-state index contributed by atoms with van der Waals surface area (Å²) in [4.78, 5) is 4.33. The summed E-state index contributed by atoms with van der Waals surface area (Å²) in [6.45, 7) is 1.85. The van der Waals surface area contributed by atoms with Gasteiger partial charge in [0.15, 0.2) is 0 Å². The SMILES string of the molecule is NCCCCc1c(-c2cccnc2)n2c3c(cccc13)CC2. The Balaban J connectivity index is 1.93. The van der Waals surface area contributed by atoms with Crippen LogP contribution in [0.5, 0.6) is 0 Å². The fourth-order valence-electron chi connectivity index (χ4n) is 3.75. The minimum Gasteiger partial charge on any atom is -0.340 e. The molecule has 2 N–H and O–H groups in total. The summed E-state index contributed by atoms with van der Waals surface area (Å²) in [5, 5.41) is 1.42. The zero-order valence-electron chi connectivity index (χ0n) is 12.8. The van der Waals surface area contributed by atoms with Gasteiger partial charge in [-0.25, -0.2) is 0 Å². The van der Waals surface area contributed by atoms with Crippen molar-refractivity contribution in [3.63, 3.8) is 0 Å². The van der Waals surface area contributed by atoms with E-state index < -0.39 is 0 Å². The van der Waals surface area contributed by atoms with Crippen LogP contribution in [0.4, 0.5) is 0 Å². The highest BCUT2D eigenvalue weighted by Crippen LogP contribution is 2.39. The standard InChI is InChI=1S/C19H21N3/c20-10-2-1-7-16-17-8-3-5-14-9-12-22(18(14)17)19(16)15-6-4-11-21-13-15/h3-6,8,11,13H,1-2,7,9-10,12,20H2. The van der Waals surface area contributed by atoms with Gasteiger partial charge in [0.05, 0.1) is 11.2 Å². The highest BCUT2D eigenvalue weighted by Gasteiger charge is 2.23. The van der Waals surface area contributed by atoms with Crippen LogP contribution in [0.2, 0.25) is 0 Å². The number of nitrogens with zero attached hydrogens (tertiary/aromatic N) is 2. The minimum absolute atomic E-state index is 0.770. The van der Waals surface area contributed by atoms with Gasteiger partial charge < -0.3 is 10.3 Å². The van der Waals surface area contributed by atoms with E-state index >= 15 is 0 Å². The number of rotatable bonds is 5. The van der Waals surface area contributed by atoms with Gasteiger partial charge in [-0.15, -0.1) is 0 Å². The van der Waals surface area contributed by atoms with E-state index in [9.17, 15) is 0 Å². The third-order valence-corrected chi connectivity index (χ3v) is 4.69. The van der Waals surface area contributed by atoms with E-state index in [4.69, 9.17) is 5.73 Å². The van der Waals surface area contributed by atoms with Gasteiger partial charge in [0.2, 0.25) is 0 Å². The molecule has 1 aromatic carbocycles. The van der Waals surface area contributed by atoms with Crippen LogP contribution >= 0.6 is 0 Å². The topological polar surface area (TPSA) is 43.8 Å². The summed E-state index contributed by atoms with van der Waals surface area (Å²) in [5.41, 5.74) is 12.7. The lowest BCUT2D eigenvalue weighted by molar-refractivity contribution is 0.737. The number of benzene rings is 1. The van der Waals surface area contributed by atoms with Gasteiger partial charge >= 0.3 is 0 Å². The molecule has 3 heteroatoms. The quantitative estimate of drug-likeness (QED) is 0.731. The molecule has 0 saturated heterocycles. The number of hydrogen-bond donors (Lipinski definition) is 1. The van der Waals surface area contributed by atoms with Crippen LogP contribution in [0, 0.1) is 0 Å². The van der Waals surface area contributed by atoms with Crippen LogP contribution in [-0.2, 0) is 19.4 Å². The molecule has 0 amide bonds. The molecule has 3 nitrogen and oxygen atoms in total. The van der Waals surface area contributed by atoms with Crippen LogP contribution in [0.1, 0.15) is 24.0 Å². The van der Waals surface area contributed by atoms with Crippen molar-refractivity contribution in [3.05, 3.63) is 53.9 Å². The largest absolute Gasteiger partial charge is 0.340 e. The lowest BCUT2D eigenvalue weighted by atomic mass is 9.99. The molecule has 0 spiro atoms. The smallest absolute Gasteiger partial charge is 0.0539 e. The van der Waals surface area contributed by atoms with E-state index in [2.05, 4.69) is 33.8 Å². The van der Waals surface area contributed by atoms with Gasteiger partial charge in [-0.3, -0.25) is 4.98 Å². The summed E-state index contributed by atoms with van der Waals surface area (Å²) >= 11 is 0. The molecule has 0 atom stereocenters. The predicted molar refractivity (Wildman–Crippen MR) is 90.9 cm³/mol. The van der Waals surface area contributed by atoms with Crippen LogP contribution in [0.3, 0.4) is 0 Å². The summed E-state index contributed by atoms with van der Waals surface area (Å²) in [6, 6.07) is 10.9. The number of aromatic nitrogens is 2. The Hall–Kier alpha value is -2.13. The van der Waals surface area contributed by atoms with Crippen molar-refractivity contribution in [2.45, 2.75) is 32.2 Å². The molecule has 112 valence electrons. The molecular formula is C19H21N3. The Bertz CT molecular complexity index is 802. The number of pyridine rings is 1. The average molecular weight is 291 g/mol. The second-order valence-electron chi connectivity index (χ2n) is 6.03. The van der Waals surface area contributed by atoms with Crippen molar-refractivity contribution >= 4 is 10.9 Å². The fraction of sp³-hybridized carbons (Fsp3) is 0.316. The zero-order chi connectivity index (χ0) is 14.9. The lowest BCUT2D eigenvalue weighted by Crippen LogP contribution is -2.01. The zero-order valence-corrected chi connectivity index (χ0v) is 12.8. The number of para-hydroxylation sites is 1. The van der Waals surface area contributed by atoms with Crippen molar-refractivity contribution < 1.29 is 0 Å². The van der Waals surface area contributed by atoms with Gasteiger partial charge in [0, 0.05) is 29.9 Å². The number of unbranched alkanes of at least 4 members (excludes halogenated alkanes) is 1. The highest BCUT2D eigenvalue weighted by molar-refractivity contribution is 5.94. The molecule has 0 unspecified atom stereocenters. The van der Waals surface area contributed by atoms with E-state index in [1.165, 1.54) is 33.3 Å². The van der Waals surface area contributed by atoms with Crippen molar-refractivity contribution in [3.8, 4) is 11.3 Å². The van der Waals surface area contributed by atoms with Gasteiger partial charge in [-0.2, -0.15) is 0 Å². The maximum absolute atomic E-state index is 5.68. The summed E-state index contributed by atoms with van der Waals surface area (Å²) in [7, 11) is 0. The van der Waals surface area contributed by atoms with E-state index in [0.29, 0.717) is 0 Å². The number of aryl methyl sites for hydroxylation is 3. The maximum Gasteiger partial charge on any atom is 0.0539 e. The molecule has 4 rings (SSSR count). The van der Waals surface area contributed by atoms with Crippen LogP contribution in [0.25, 0.3) is 22.2 Å². The molecule has 1 aliphatic heterocycles. The van der Waals surface area contributed by atoms with Crippen molar-refractivity contribution in [2.24, 2.45) is 5.73 Å². The van der Waals surface area contributed by atoms with Gasteiger partial charge in [-0.1, -0.05) is 18.2 Å². The highest BCUT2D eigenvalue weighted by atomic mass is 15.0. The predicted octanol–water partition coefficient (Wildman–Crippen LogP) is 3.54. The normalized spacial score (nSPS) is 13.1. The Morgan fingerprint density at radius 3 is 2.91 bits per heavy atom. The minimum atomic E-state index is 0.770.